The molecule has 28 heavy (non-hydrogen) atoms. The van der Waals surface area contributed by atoms with Gasteiger partial charge in [-0.15, -0.1) is 11.3 Å². The van der Waals surface area contributed by atoms with Crippen molar-refractivity contribution in [2.75, 3.05) is 13.2 Å². The molecule has 0 saturated carbocycles. The van der Waals surface area contributed by atoms with Gasteiger partial charge in [0.1, 0.15) is 9.71 Å². The van der Waals surface area contributed by atoms with Crippen molar-refractivity contribution in [3.63, 3.8) is 0 Å². The number of carbonyl (C=O) groups excluding carboxylic acids is 2. The van der Waals surface area contributed by atoms with Crippen LogP contribution in [0.1, 0.15) is 41.6 Å². The Bertz CT molecular complexity index is 1010. The maximum atomic E-state index is 12.5. The lowest BCUT2D eigenvalue weighted by molar-refractivity contribution is -0.137. The van der Waals surface area contributed by atoms with Crippen LogP contribution in [0.3, 0.4) is 0 Å². The van der Waals surface area contributed by atoms with E-state index in [4.69, 9.17) is 4.74 Å². The molecule has 1 aliphatic rings. The fourth-order valence-corrected chi connectivity index (χ4v) is 4.72. The number of fused-ring (bicyclic) bond motifs is 1. The van der Waals surface area contributed by atoms with Crippen molar-refractivity contribution in [2.24, 2.45) is 0 Å². The summed E-state index contributed by atoms with van der Waals surface area (Å²) < 4.78 is 7.17. The molecule has 3 aromatic rings. The molecule has 1 aliphatic heterocycles. The smallest absolute Gasteiger partial charge is 0.348 e. The lowest BCUT2D eigenvalue weighted by Crippen LogP contribution is -2.44. The number of hydrogen-bond donors (Lipinski definition) is 0. The van der Waals surface area contributed by atoms with Gasteiger partial charge in [-0.05, 0) is 51.3 Å². The minimum atomic E-state index is -0.460. The highest BCUT2D eigenvalue weighted by Crippen LogP contribution is 2.30. The molecule has 1 amide bonds. The Labute approximate surface area is 167 Å². The van der Waals surface area contributed by atoms with E-state index in [1.54, 1.807) is 6.07 Å². The summed E-state index contributed by atoms with van der Waals surface area (Å²) in [5.41, 5.74) is 1.80. The van der Waals surface area contributed by atoms with Crippen LogP contribution in [-0.2, 0) is 9.53 Å². The van der Waals surface area contributed by atoms with Crippen LogP contribution >= 0.6 is 11.3 Å². The molecule has 1 atom stereocenters. The zero-order valence-electron chi connectivity index (χ0n) is 16.1. The third kappa shape index (κ3) is 3.54. The third-order valence-electron chi connectivity index (χ3n) is 5.20. The molecule has 1 fully saturated rings. The first-order valence-electron chi connectivity index (χ1n) is 9.56. The highest BCUT2D eigenvalue weighted by atomic mass is 32.1. The van der Waals surface area contributed by atoms with Crippen molar-refractivity contribution in [3.05, 3.63) is 47.0 Å². The van der Waals surface area contributed by atoms with Gasteiger partial charge in [-0.25, -0.2) is 9.48 Å². The summed E-state index contributed by atoms with van der Waals surface area (Å²) in [5.74, 6) is -0.577. The maximum absolute atomic E-state index is 12.5. The Balaban J connectivity index is 1.50. The van der Waals surface area contributed by atoms with Gasteiger partial charge < -0.3 is 9.64 Å². The van der Waals surface area contributed by atoms with Crippen LogP contribution in [0, 0.1) is 6.92 Å². The van der Waals surface area contributed by atoms with Crippen LogP contribution in [0.2, 0.25) is 0 Å². The van der Waals surface area contributed by atoms with Gasteiger partial charge >= 0.3 is 5.97 Å². The van der Waals surface area contributed by atoms with Gasteiger partial charge in [0.05, 0.1) is 11.4 Å². The van der Waals surface area contributed by atoms with E-state index in [1.807, 2.05) is 53.8 Å². The summed E-state index contributed by atoms with van der Waals surface area (Å²) in [5, 5.41) is 5.51. The number of aryl methyl sites for hydroxylation is 1. The molecule has 7 heteroatoms. The molecule has 1 saturated heterocycles. The van der Waals surface area contributed by atoms with Gasteiger partial charge in [-0.1, -0.05) is 18.2 Å². The zero-order chi connectivity index (χ0) is 19.7. The summed E-state index contributed by atoms with van der Waals surface area (Å²) in [6, 6.07) is 11.8. The van der Waals surface area contributed by atoms with Crippen LogP contribution in [0.4, 0.5) is 0 Å². The summed E-state index contributed by atoms with van der Waals surface area (Å²) in [6.45, 7) is 4.50. The number of aromatic nitrogens is 2. The minimum absolute atomic E-state index is 0.117. The Morgan fingerprint density at radius 1 is 1.25 bits per heavy atom. The molecule has 146 valence electrons. The number of nitrogens with zero attached hydrogens (tertiary/aromatic N) is 3. The average Bonchev–Trinajstić information content (AvgIpc) is 3.28. The van der Waals surface area contributed by atoms with Gasteiger partial charge in [0.2, 0.25) is 0 Å². The molecule has 0 bridgehead atoms. The Morgan fingerprint density at radius 3 is 2.79 bits per heavy atom. The topological polar surface area (TPSA) is 64.4 Å². The number of hydrogen-bond acceptors (Lipinski definition) is 5. The van der Waals surface area contributed by atoms with Crippen molar-refractivity contribution >= 4 is 33.4 Å². The lowest BCUT2D eigenvalue weighted by Gasteiger charge is -2.33. The number of ether oxygens (including phenoxy) is 1. The van der Waals surface area contributed by atoms with E-state index in [9.17, 15) is 9.59 Å². The average molecular weight is 398 g/mol. The predicted octanol–water partition coefficient (Wildman–Crippen LogP) is 3.95. The Kier molecular flexibility index (Phi) is 5.17. The third-order valence-corrected chi connectivity index (χ3v) is 6.29. The molecular formula is C21H23N3O3S. The first-order valence-corrected chi connectivity index (χ1v) is 10.4. The van der Waals surface area contributed by atoms with Gasteiger partial charge in [0.15, 0.2) is 6.61 Å². The van der Waals surface area contributed by atoms with E-state index < -0.39 is 5.97 Å². The fraction of sp³-hybridized carbons (Fsp3) is 0.381. The summed E-state index contributed by atoms with van der Waals surface area (Å²) in [6.07, 6.45) is 3.16. The maximum Gasteiger partial charge on any atom is 0.348 e. The summed E-state index contributed by atoms with van der Waals surface area (Å²) in [4.78, 5) is 28.1. The monoisotopic (exact) mass is 397 g/mol. The van der Waals surface area contributed by atoms with Gasteiger partial charge in [-0.3, -0.25) is 4.79 Å². The first-order chi connectivity index (χ1) is 13.5. The van der Waals surface area contributed by atoms with Crippen molar-refractivity contribution < 1.29 is 14.3 Å². The van der Waals surface area contributed by atoms with Gasteiger partial charge in [-0.2, -0.15) is 5.10 Å². The second-order valence-corrected chi connectivity index (χ2v) is 8.20. The van der Waals surface area contributed by atoms with Crippen LogP contribution in [0.25, 0.3) is 15.9 Å². The molecule has 2 aromatic heterocycles. The molecule has 0 radical (unpaired) electrons. The van der Waals surface area contributed by atoms with E-state index in [1.165, 1.54) is 11.3 Å². The van der Waals surface area contributed by atoms with E-state index in [0.717, 1.165) is 47.4 Å². The quantitative estimate of drug-likeness (QED) is 0.625. The number of benzene rings is 1. The van der Waals surface area contributed by atoms with Crippen LogP contribution in [0.5, 0.6) is 0 Å². The number of amides is 1. The summed E-state index contributed by atoms with van der Waals surface area (Å²) >= 11 is 1.34. The number of thiophene rings is 1. The number of rotatable bonds is 4. The highest BCUT2D eigenvalue weighted by Gasteiger charge is 2.25. The van der Waals surface area contributed by atoms with Gasteiger partial charge in [0.25, 0.3) is 5.91 Å². The standard InChI is InChI=1S/C21H23N3O3S/c1-14-8-6-7-11-23(14)19(25)13-27-21(26)18-12-17-15(2)22-24(20(17)28-18)16-9-4-3-5-10-16/h3-5,9-10,12,14H,6-8,11,13H2,1-2H3/t14-/m1/s1. The van der Waals surface area contributed by atoms with Crippen molar-refractivity contribution in [3.8, 4) is 5.69 Å². The highest BCUT2D eigenvalue weighted by molar-refractivity contribution is 7.20. The normalized spacial score (nSPS) is 17.1. The van der Waals surface area contributed by atoms with Crippen molar-refractivity contribution in [2.45, 2.75) is 39.2 Å². The zero-order valence-corrected chi connectivity index (χ0v) is 16.9. The molecule has 4 rings (SSSR count). The van der Waals surface area contributed by atoms with E-state index in [0.29, 0.717) is 4.88 Å². The largest absolute Gasteiger partial charge is 0.451 e. The van der Waals surface area contributed by atoms with Crippen LogP contribution < -0.4 is 0 Å². The number of para-hydroxylation sites is 1. The number of carbonyl (C=O) groups is 2. The Hall–Kier alpha value is -2.67. The SMILES string of the molecule is Cc1nn(-c2ccccc2)c2sc(C(=O)OCC(=O)N3CCCC[C@H]3C)cc12. The first kappa shape index (κ1) is 18.7. The molecule has 3 heterocycles. The van der Waals surface area contributed by atoms with Crippen molar-refractivity contribution in [1.82, 2.24) is 14.7 Å². The van der Waals surface area contributed by atoms with Crippen molar-refractivity contribution in [1.29, 1.82) is 0 Å². The predicted molar refractivity (Wildman–Crippen MR) is 109 cm³/mol. The number of esters is 1. The lowest BCUT2D eigenvalue weighted by atomic mass is 10.0. The molecule has 0 aliphatic carbocycles. The number of piperidine rings is 1. The van der Waals surface area contributed by atoms with E-state index >= 15 is 0 Å². The van der Waals surface area contributed by atoms with E-state index in [-0.39, 0.29) is 18.6 Å². The summed E-state index contributed by atoms with van der Waals surface area (Å²) in [7, 11) is 0. The fourth-order valence-electron chi connectivity index (χ4n) is 3.64. The van der Waals surface area contributed by atoms with E-state index in [2.05, 4.69) is 5.10 Å². The molecule has 0 unspecified atom stereocenters. The molecule has 1 aromatic carbocycles. The number of likely N-dealkylation sites (tertiary alicyclic amines) is 1. The second-order valence-electron chi connectivity index (χ2n) is 7.17. The molecule has 6 nitrogen and oxygen atoms in total. The molecule has 0 N–H and O–H groups in total. The van der Waals surface area contributed by atoms with Crippen LogP contribution in [-0.4, -0.2) is 45.8 Å². The minimum Gasteiger partial charge on any atom is -0.451 e. The van der Waals surface area contributed by atoms with Crippen LogP contribution in [0.15, 0.2) is 36.4 Å². The molecular weight excluding hydrogens is 374 g/mol. The van der Waals surface area contributed by atoms with Gasteiger partial charge in [0, 0.05) is 18.0 Å². The Morgan fingerprint density at radius 2 is 2.04 bits per heavy atom. The second kappa shape index (κ2) is 7.75. The molecule has 0 spiro atoms.